The molecule has 0 radical (unpaired) electrons. The van der Waals surface area contributed by atoms with E-state index in [1.165, 1.54) is 23.3 Å². The second kappa shape index (κ2) is 11.5. The van der Waals surface area contributed by atoms with E-state index in [-0.39, 0.29) is 23.4 Å². The molecule has 2 rings (SSSR count). The van der Waals surface area contributed by atoms with Crippen molar-refractivity contribution >= 4 is 42.8 Å². The number of amides is 2. The van der Waals surface area contributed by atoms with Crippen LogP contribution in [0.4, 0.5) is 9.93 Å². The molecule has 36 heavy (non-hydrogen) atoms. The van der Waals surface area contributed by atoms with Gasteiger partial charge in [-0.25, -0.2) is 14.6 Å². The molecular formula is C24H42N4O6SSi. The number of carbonyl (C=O) groups is 3. The second-order valence-electron chi connectivity index (χ2n) is 11.8. The minimum absolute atomic E-state index is 0.0144. The maximum absolute atomic E-state index is 13.1. The minimum Gasteiger partial charge on any atom is -0.480 e. The highest BCUT2D eigenvalue weighted by Gasteiger charge is 2.39. The Morgan fingerprint density at radius 1 is 1.22 bits per heavy atom. The van der Waals surface area contributed by atoms with Crippen molar-refractivity contribution in [1.29, 1.82) is 0 Å². The van der Waals surface area contributed by atoms with Crippen LogP contribution in [0.25, 0.3) is 0 Å². The topological polar surface area (TPSA) is 121 Å². The first-order valence-corrected chi connectivity index (χ1v) is 16.0. The quantitative estimate of drug-likeness (QED) is 0.469. The predicted molar refractivity (Wildman–Crippen MR) is 143 cm³/mol. The minimum atomic E-state index is -2.18. The average Bonchev–Trinajstić information content (AvgIpc) is 3.21. The van der Waals surface area contributed by atoms with Gasteiger partial charge in [0, 0.05) is 31.6 Å². The third-order valence-electron chi connectivity index (χ3n) is 6.68. The number of aliphatic carboxylic acids is 1. The van der Waals surface area contributed by atoms with E-state index in [9.17, 15) is 19.5 Å². The van der Waals surface area contributed by atoms with Gasteiger partial charge in [0.05, 0.1) is 6.61 Å². The third kappa shape index (κ3) is 8.17. The summed E-state index contributed by atoms with van der Waals surface area (Å²) in [5.74, 6) is -1.57. The Hall–Kier alpha value is -2.18. The van der Waals surface area contributed by atoms with Crippen LogP contribution in [-0.4, -0.2) is 85.7 Å². The molecule has 0 saturated carbocycles. The number of hydrogen-bond donors (Lipinski definition) is 2. The van der Waals surface area contributed by atoms with Gasteiger partial charge in [-0.1, -0.05) is 20.8 Å². The zero-order valence-corrected chi connectivity index (χ0v) is 24.8. The van der Waals surface area contributed by atoms with E-state index in [4.69, 9.17) is 9.16 Å². The van der Waals surface area contributed by atoms with Crippen molar-refractivity contribution < 1.29 is 28.7 Å². The van der Waals surface area contributed by atoms with Gasteiger partial charge >= 0.3 is 12.1 Å². The van der Waals surface area contributed by atoms with Crippen LogP contribution in [-0.2, 0) is 14.0 Å². The monoisotopic (exact) mass is 542 g/mol. The molecule has 10 nitrogen and oxygen atoms in total. The summed E-state index contributed by atoms with van der Waals surface area (Å²) in [5, 5.41) is 15.0. The summed E-state index contributed by atoms with van der Waals surface area (Å²) in [6.07, 6.45) is 1.04. The van der Waals surface area contributed by atoms with E-state index in [1.807, 2.05) is 33.9 Å². The van der Waals surface area contributed by atoms with Gasteiger partial charge in [0.25, 0.3) is 5.91 Å². The largest absolute Gasteiger partial charge is 0.480 e. The molecule has 204 valence electrons. The van der Waals surface area contributed by atoms with Crippen molar-refractivity contribution in [3.05, 3.63) is 11.1 Å². The van der Waals surface area contributed by atoms with Crippen LogP contribution < -0.4 is 10.2 Å². The summed E-state index contributed by atoms with van der Waals surface area (Å²) < 4.78 is 11.4. The lowest BCUT2D eigenvalue weighted by atomic mass is 10.1. The van der Waals surface area contributed by atoms with E-state index < -0.39 is 37.9 Å². The zero-order chi connectivity index (χ0) is 27.5. The first-order valence-electron chi connectivity index (χ1n) is 12.2. The second-order valence-corrected chi connectivity index (χ2v) is 17.4. The van der Waals surface area contributed by atoms with Gasteiger partial charge in [-0.05, 0) is 51.7 Å². The van der Waals surface area contributed by atoms with E-state index >= 15 is 0 Å². The fourth-order valence-electron chi connectivity index (χ4n) is 3.37. The number of rotatable bonds is 8. The molecule has 0 aromatic carbocycles. The van der Waals surface area contributed by atoms with Crippen LogP contribution in [0.15, 0.2) is 5.38 Å². The van der Waals surface area contributed by atoms with Gasteiger partial charge in [-0.2, -0.15) is 0 Å². The lowest BCUT2D eigenvalue weighted by Crippen LogP contribution is -2.50. The summed E-state index contributed by atoms with van der Waals surface area (Å²) in [7, 11) is -0.700. The average molecular weight is 543 g/mol. The highest BCUT2D eigenvalue weighted by atomic mass is 32.1. The summed E-state index contributed by atoms with van der Waals surface area (Å²) in [5.41, 5.74) is -0.330. The van der Waals surface area contributed by atoms with Gasteiger partial charge < -0.3 is 29.4 Å². The number of thiazole rings is 1. The molecule has 1 unspecified atom stereocenters. The first kappa shape index (κ1) is 30.0. The van der Waals surface area contributed by atoms with E-state index in [0.29, 0.717) is 18.2 Å². The molecule has 2 amide bonds. The fraction of sp³-hybridized carbons (Fsp3) is 0.750. The lowest BCUT2D eigenvalue weighted by molar-refractivity contribution is -0.143. The highest BCUT2D eigenvalue weighted by molar-refractivity contribution is 7.13. The zero-order valence-electron chi connectivity index (χ0n) is 23.0. The Kier molecular flexibility index (Phi) is 9.57. The molecule has 12 heteroatoms. The van der Waals surface area contributed by atoms with E-state index in [2.05, 4.69) is 36.0 Å². The van der Waals surface area contributed by atoms with Gasteiger partial charge in [0.15, 0.2) is 19.5 Å². The molecule has 1 fully saturated rings. The Morgan fingerprint density at radius 3 is 2.31 bits per heavy atom. The van der Waals surface area contributed by atoms with Gasteiger partial charge in [-0.15, -0.1) is 11.3 Å². The highest BCUT2D eigenvalue weighted by Crippen LogP contribution is 2.36. The predicted octanol–water partition coefficient (Wildman–Crippen LogP) is 4.18. The van der Waals surface area contributed by atoms with Crippen molar-refractivity contribution in [2.75, 3.05) is 31.6 Å². The molecule has 0 bridgehead atoms. The maximum Gasteiger partial charge on any atom is 0.407 e. The molecule has 2 N–H and O–H groups in total. The summed E-state index contributed by atoms with van der Waals surface area (Å²) in [4.78, 5) is 44.8. The molecule has 1 aromatic heterocycles. The van der Waals surface area contributed by atoms with Crippen LogP contribution >= 0.6 is 11.3 Å². The normalized spacial score (nSPS) is 16.4. The van der Waals surface area contributed by atoms with Crippen LogP contribution in [0.3, 0.4) is 0 Å². The number of carboxylic acids is 1. The number of hydrogen-bond acceptors (Lipinski definition) is 8. The lowest BCUT2D eigenvalue weighted by Gasteiger charge is -2.37. The maximum atomic E-state index is 13.1. The molecule has 2 heterocycles. The van der Waals surface area contributed by atoms with Crippen molar-refractivity contribution in [2.45, 2.75) is 90.2 Å². The van der Waals surface area contributed by atoms with Gasteiger partial charge in [-0.3, -0.25) is 4.79 Å². The number of nitrogens with zero attached hydrogens (tertiary/aromatic N) is 3. The Morgan fingerprint density at radius 2 is 1.81 bits per heavy atom. The molecule has 1 saturated heterocycles. The van der Waals surface area contributed by atoms with Crippen molar-refractivity contribution in [1.82, 2.24) is 15.2 Å². The van der Waals surface area contributed by atoms with Gasteiger partial charge in [0.2, 0.25) is 0 Å². The Bertz CT molecular complexity index is 932. The molecule has 1 aliphatic heterocycles. The number of nitrogens with one attached hydrogen (secondary N) is 1. The number of piperidine rings is 1. The Labute approximate surface area is 219 Å². The van der Waals surface area contributed by atoms with Crippen molar-refractivity contribution in [3.8, 4) is 0 Å². The van der Waals surface area contributed by atoms with Crippen LogP contribution in [0.2, 0.25) is 18.1 Å². The molecule has 1 aliphatic rings. The standard InChI is InChI=1S/C24H42N4O6SSi/c1-23(2,3)34-22(32)25-16-10-12-28(13-11-16)21-26-17(15-35-21)19(29)27(7)18(20(30)31)14-33-36(8,9)24(4,5)6/h15-16,18H,10-14H2,1-9H3,(H,25,32)(H,30,31). The number of anilines is 1. The van der Waals surface area contributed by atoms with Crippen LogP contribution in [0, 0.1) is 0 Å². The van der Waals surface area contributed by atoms with Crippen molar-refractivity contribution in [3.63, 3.8) is 0 Å². The summed E-state index contributed by atoms with van der Waals surface area (Å²) >= 11 is 1.35. The number of likely N-dealkylation sites (N-methyl/N-ethyl adjacent to an activating group) is 1. The van der Waals surface area contributed by atoms with E-state index in [0.717, 1.165) is 12.8 Å². The Balaban J connectivity index is 1.97. The molecule has 0 spiro atoms. The SMILES string of the molecule is CN(C(=O)c1csc(N2CCC(NC(=O)OC(C)(C)C)CC2)n1)C(CO[Si](C)(C)C(C)(C)C)C(=O)O. The fourth-order valence-corrected chi connectivity index (χ4v) is 5.23. The number of alkyl carbamates (subject to hydrolysis) is 1. The first-order chi connectivity index (χ1) is 16.4. The molecule has 1 atom stereocenters. The molecular weight excluding hydrogens is 500 g/mol. The molecule has 0 aliphatic carbocycles. The van der Waals surface area contributed by atoms with Crippen LogP contribution in [0.1, 0.15) is 64.9 Å². The number of ether oxygens (including phenoxy) is 1. The summed E-state index contributed by atoms with van der Waals surface area (Å²) in [6.45, 7) is 17.1. The number of carboxylic acid groups (broad SMARTS) is 1. The smallest absolute Gasteiger partial charge is 0.407 e. The number of aromatic nitrogens is 1. The number of carbonyl (C=O) groups excluding carboxylic acids is 2. The van der Waals surface area contributed by atoms with Gasteiger partial charge in [0.1, 0.15) is 11.3 Å². The summed E-state index contributed by atoms with van der Waals surface area (Å²) in [6, 6.07) is -1.09. The third-order valence-corrected chi connectivity index (χ3v) is 12.1. The van der Waals surface area contributed by atoms with Crippen molar-refractivity contribution in [2.24, 2.45) is 0 Å². The molecule has 1 aromatic rings. The van der Waals surface area contributed by atoms with E-state index in [1.54, 1.807) is 5.38 Å². The van der Waals surface area contributed by atoms with Crippen LogP contribution in [0.5, 0.6) is 0 Å².